The Hall–Kier alpha value is -1.33. The van der Waals surface area contributed by atoms with Crippen LogP contribution in [0.5, 0.6) is 0 Å². The van der Waals surface area contributed by atoms with E-state index in [0.717, 1.165) is 17.1 Å². The summed E-state index contributed by atoms with van der Waals surface area (Å²) in [7, 11) is 2.00. The zero-order valence-electron chi connectivity index (χ0n) is 10.1. The fourth-order valence-electron chi connectivity index (χ4n) is 1.61. The number of aromatic amines is 1. The van der Waals surface area contributed by atoms with E-state index in [1.807, 2.05) is 20.0 Å². The number of H-pyrrole nitrogens is 1. The smallest absolute Gasteiger partial charge is 0.124 e. The lowest BCUT2D eigenvalue weighted by Crippen LogP contribution is -2.22. The van der Waals surface area contributed by atoms with Crippen LogP contribution in [0.3, 0.4) is 0 Å². The van der Waals surface area contributed by atoms with Crippen LogP contribution >= 0.6 is 11.6 Å². The Balaban J connectivity index is 2.07. The van der Waals surface area contributed by atoms with Gasteiger partial charge in [-0.2, -0.15) is 5.10 Å². The average Bonchev–Trinajstić information content (AvgIpc) is 2.93. The van der Waals surface area contributed by atoms with Crippen LogP contribution < -0.4 is 0 Å². The Labute approximate surface area is 105 Å². The van der Waals surface area contributed by atoms with Gasteiger partial charge >= 0.3 is 0 Å². The summed E-state index contributed by atoms with van der Waals surface area (Å²) in [6.45, 7) is 4.63. The number of aryl methyl sites for hydroxylation is 1. The molecular weight excluding hydrogens is 240 g/mol. The number of nitrogens with zero attached hydrogens (tertiary/aromatic N) is 3. The molecule has 17 heavy (non-hydrogen) atoms. The third-order valence-corrected chi connectivity index (χ3v) is 3.39. The van der Waals surface area contributed by atoms with Crippen molar-refractivity contribution in [2.75, 3.05) is 7.05 Å². The van der Waals surface area contributed by atoms with Crippen LogP contribution in [-0.2, 0) is 6.54 Å². The monoisotopic (exact) mass is 254 g/mol. The summed E-state index contributed by atoms with van der Waals surface area (Å²) in [5.74, 6) is 0. The third kappa shape index (κ3) is 2.50. The van der Waals surface area contributed by atoms with Gasteiger partial charge in [0.2, 0.25) is 0 Å². The number of hydrogen-bond donors (Lipinski definition) is 1. The first-order valence-electron chi connectivity index (χ1n) is 5.39. The van der Waals surface area contributed by atoms with E-state index in [-0.39, 0.29) is 6.04 Å². The van der Waals surface area contributed by atoms with Crippen molar-refractivity contribution in [1.82, 2.24) is 20.3 Å². The van der Waals surface area contributed by atoms with Gasteiger partial charge in [0.05, 0.1) is 22.5 Å². The van der Waals surface area contributed by atoms with Crippen molar-refractivity contribution >= 4 is 11.6 Å². The molecule has 0 aromatic carbocycles. The van der Waals surface area contributed by atoms with Crippen LogP contribution in [0.15, 0.2) is 16.9 Å². The largest absolute Gasteiger partial charge is 0.364 e. The number of aromatic nitrogens is 3. The van der Waals surface area contributed by atoms with Crippen molar-refractivity contribution < 1.29 is 4.52 Å². The molecule has 1 atom stereocenters. The number of nitrogens with one attached hydrogen (secondary N) is 1. The van der Waals surface area contributed by atoms with E-state index in [4.69, 9.17) is 16.1 Å². The van der Waals surface area contributed by atoms with Gasteiger partial charge in [0.1, 0.15) is 12.0 Å². The van der Waals surface area contributed by atoms with Gasteiger partial charge < -0.3 is 4.52 Å². The number of hydrogen-bond acceptors (Lipinski definition) is 4. The number of rotatable bonds is 4. The summed E-state index contributed by atoms with van der Waals surface area (Å²) in [5.41, 5.74) is 2.64. The predicted molar refractivity (Wildman–Crippen MR) is 64.7 cm³/mol. The molecule has 0 amide bonds. The van der Waals surface area contributed by atoms with E-state index in [9.17, 15) is 0 Å². The van der Waals surface area contributed by atoms with E-state index in [1.54, 1.807) is 6.26 Å². The first kappa shape index (κ1) is 12.1. The maximum Gasteiger partial charge on any atom is 0.124 e. The quantitative estimate of drug-likeness (QED) is 0.911. The minimum Gasteiger partial charge on any atom is -0.364 e. The van der Waals surface area contributed by atoms with Crippen LogP contribution in [0.2, 0.25) is 5.02 Å². The van der Waals surface area contributed by atoms with Gasteiger partial charge in [-0.3, -0.25) is 10.00 Å². The molecule has 0 aliphatic heterocycles. The van der Waals surface area contributed by atoms with Crippen LogP contribution in [0, 0.1) is 6.92 Å². The minimum absolute atomic E-state index is 0.154. The normalized spacial score (nSPS) is 13.2. The summed E-state index contributed by atoms with van der Waals surface area (Å²) in [5, 5.41) is 11.7. The molecule has 2 aromatic heterocycles. The Kier molecular flexibility index (Phi) is 3.49. The van der Waals surface area contributed by atoms with Crippen LogP contribution in [-0.4, -0.2) is 27.3 Å². The SMILES string of the molecule is Cc1[nH]nc(CN(C)C(C)c2ccon2)c1Cl. The van der Waals surface area contributed by atoms with Crippen molar-refractivity contribution in [2.45, 2.75) is 26.4 Å². The van der Waals surface area contributed by atoms with Gasteiger partial charge in [-0.25, -0.2) is 0 Å². The molecule has 0 radical (unpaired) electrons. The van der Waals surface area contributed by atoms with Gasteiger partial charge in [-0.15, -0.1) is 0 Å². The molecule has 2 rings (SSSR count). The highest BCUT2D eigenvalue weighted by Crippen LogP contribution is 2.23. The minimum atomic E-state index is 0.154. The van der Waals surface area contributed by atoms with Crippen LogP contribution in [0.25, 0.3) is 0 Å². The standard InChI is InChI=1S/C11H15ClN4O/c1-7-11(12)10(14-13-7)6-16(3)8(2)9-4-5-17-15-9/h4-5,8H,6H2,1-3H3,(H,13,14). The Morgan fingerprint density at radius 3 is 2.88 bits per heavy atom. The summed E-state index contributed by atoms with van der Waals surface area (Å²) < 4.78 is 4.84. The summed E-state index contributed by atoms with van der Waals surface area (Å²) in [6.07, 6.45) is 1.57. The Bertz CT molecular complexity index is 480. The molecule has 1 unspecified atom stereocenters. The van der Waals surface area contributed by atoms with Crippen molar-refractivity contribution in [3.8, 4) is 0 Å². The van der Waals surface area contributed by atoms with E-state index >= 15 is 0 Å². The van der Waals surface area contributed by atoms with E-state index in [1.165, 1.54) is 0 Å². The maximum absolute atomic E-state index is 6.13. The molecule has 0 aliphatic rings. The fraction of sp³-hybridized carbons (Fsp3) is 0.455. The molecule has 6 heteroatoms. The molecule has 92 valence electrons. The predicted octanol–water partition coefficient (Wildman–Crippen LogP) is 2.55. The van der Waals surface area contributed by atoms with Crippen LogP contribution in [0.1, 0.15) is 30.0 Å². The highest BCUT2D eigenvalue weighted by atomic mass is 35.5. The van der Waals surface area contributed by atoms with Gasteiger partial charge in [0, 0.05) is 12.6 Å². The molecule has 1 N–H and O–H groups in total. The van der Waals surface area contributed by atoms with Crippen molar-refractivity contribution in [2.24, 2.45) is 0 Å². The van der Waals surface area contributed by atoms with Gasteiger partial charge in [0.25, 0.3) is 0 Å². The van der Waals surface area contributed by atoms with E-state index in [2.05, 4.69) is 27.2 Å². The third-order valence-electron chi connectivity index (χ3n) is 2.89. The molecule has 2 aromatic rings. The second-order valence-corrected chi connectivity index (χ2v) is 4.50. The molecule has 0 aliphatic carbocycles. The molecule has 0 bridgehead atoms. The maximum atomic E-state index is 6.13. The highest BCUT2D eigenvalue weighted by molar-refractivity contribution is 6.31. The average molecular weight is 255 g/mol. The lowest BCUT2D eigenvalue weighted by molar-refractivity contribution is 0.238. The second-order valence-electron chi connectivity index (χ2n) is 4.12. The topological polar surface area (TPSA) is 58.0 Å². The zero-order valence-corrected chi connectivity index (χ0v) is 10.8. The Morgan fingerprint density at radius 2 is 2.35 bits per heavy atom. The van der Waals surface area contributed by atoms with E-state index < -0.39 is 0 Å². The van der Waals surface area contributed by atoms with Gasteiger partial charge in [-0.1, -0.05) is 16.8 Å². The lowest BCUT2D eigenvalue weighted by Gasteiger charge is -2.21. The molecule has 2 heterocycles. The summed E-state index contributed by atoms with van der Waals surface area (Å²) in [4.78, 5) is 2.11. The Morgan fingerprint density at radius 1 is 1.59 bits per heavy atom. The fourth-order valence-corrected chi connectivity index (χ4v) is 1.75. The zero-order chi connectivity index (χ0) is 12.4. The van der Waals surface area contributed by atoms with Crippen molar-refractivity contribution in [1.29, 1.82) is 0 Å². The highest BCUT2D eigenvalue weighted by Gasteiger charge is 2.17. The molecular formula is C11H15ClN4O. The second kappa shape index (κ2) is 4.89. The first-order chi connectivity index (χ1) is 8.09. The van der Waals surface area contributed by atoms with Gasteiger partial charge in [-0.05, 0) is 20.9 Å². The molecule has 5 nitrogen and oxygen atoms in total. The first-order valence-corrected chi connectivity index (χ1v) is 5.77. The molecule has 0 spiro atoms. The summed E-state index contributed by atoms with van der Waals surface area (Å²) in [6, 6.07) is 2.01. The lowest BCUT2D eigenvalue weighted by atomic mass is 10.2. The van der Waals surface area contributed by atoms with Crippen molar-refractivity contribution in [3.63, 3.8) is 0 Å². The van der Waals surface area contributed by atoms with E-state index in [0.29, 0.717) is 11.6 Å². The molecule has 0 saturated carbocycles. The van der Waals surface area contributed by atoms with Crippen LogP contribution in [0.4, 0.5) is 0 Å². The van der Waals surface area contributed by atoms with Gasteiger partial charge in [0.15, 0.2) is 0 Å². The molecule has 0 fully saturated rings. The van der Waals surface area contributed by atoms with Crippen molar-refractivity contribution in [3.05, 3.63) is 34.4 Å². The molecule has 0 saturated heterocycles. The summed E-state index contributed by atoms with van der Waals surface area (Å²) >= 11 is 6.13. The number of halogens is 1.